The van der Waals surface area contributed by atoms with E-state index >= 15 is 0 Å². The van der Waals surface area contributed by atoms with Gasteiger partial charge in [-0.3, -0.25) is 23.7 Å². The van der Waals surface area contributed by atoms with Gasteiger partial charge in [0.05, 0.1) is 23.7 Å². The lowest BCUT2D eigenvalue weighted by Gasteiger charge is -2.30. The molecule has 1 saturated heterocycles. The minimum absolute atomic E-state index is 0.225. The number of aryl methyl sites for hydroxylation is 1. The summed E-state index contributed by atoms with van der Waals surface area (Å²) in [5.41, 5.74) is 2.98. The van der Waals surface area contributed by atoms with Crippen molar-refractivity contribution in [3.05, 3.63) is 117 Å². The quantitative estimate of drug-likeness (QED) is 0.240. The molecule has 3 atom stereocenters. The van der Waals surface area contributed by atoms with Gasteiger partial charge in [-0.2, -0.15) is 0 Å². The van der Waals surface area contributed by atoms with Gasteiger partial charge < -0.3 is 10.1 Å². The van der Waals surface area contributed by atoms with Crippen LogP contribution in [0.25, 0.3) is 10.8 Å². The van der Waals surface area contributed by atoms with Crippen molar-refractivity contribution in [1.29, 1.82) is 0 Å². The summed E-state index contributed by atoms with van der Waals surface area (Å²) in [5, 5.41) is 4.63. The maximum Gasteiger partial charge on any atom is 0.308 e. The number of rotatable bonds is 6. The first kappa shape index (κ1) is 28.1. The molecule has 0 aliphatic carbocycles. The minimum atomic E-state index is -0.759. The van der Waals surface area contributed by atoms with Crippen molar-refractivity contribution in [1.82, 2.24) is 4.57 Å². The number of nitrogens with zero attached hydrogens (tertiary/aromatic N) is 2. The van der Waals surface area contributed by atoms with Gasteiger partial charge in [0.1, 0.15) is 17.5 Å². The molecule has 0 saturated carbocycles. The van der Waals surface area contributed by atoms with Crippen LogP contribution in [0.1, 0.15) is 21.9 Å². The van der Waals surface area contributed by atoms with Gasteiger partial charge in [-0.25, -0.2) is 4.90 Å². The first-order valence-electron chi connectivity index (χ1n) is 14.1. The zero-order chi connectivity index (χ0) is 30.5. The molecule has 8 nitrogen and oxygen atoms in total. The summed E-state index contributed by atoms with van der Waals surface area (Å²) in [4.78, 5) is 56.5. The number of anilines is 2. The third kappa shape index (κ3) is 4.71. The summed E-state index contributed by atoms with van der Waals surface area (Å²) in [7, 11) is 1.58. The standard InChI is InChI=1S/C34H27N3O5S2/c1-19-10-14-22(15-11-19)37-31(39)28-27(21-12-16-23(42-2)17-13-21)30-33(43-29(28)32(37)40)36(34(41)44-30)18-26(38)35-25-9-5-7-20-6-3-4-8-24(20)25/h3-17,27-29H,18H2,1-2H3,(H,35,38)/t27-,28?,29?/m1/s1. The number of amides is 3. The Labute approximate surface area is 261 Å². The van der Waals surface area contributed by atoms with E-state index in [1.165, 1.54) is 21.2 Å². The molecule has 10 heteroatoms. The van der Waals surface area contributed by atoms with Crippen LogP contribution in [-0.2, 0) is 20.9 Å². The van der Waals surface area contributed by atoms with E-state index in [0.29, 0.717) is 27.0 Å². The Morgan fingerprint density at radius 2 is 1.61 bits per heavy atom. The highest BCUT2D eigenvalue weighted by atomic mass is 32.2. The minimum Gasteiger partial charge on any atom is -0.497 e. The number of hydrogen-bond donors (Lipinski definition) is 1. The van der Waals surface area contributed by atoms with Crippen molar-refractivity contribution < 1.29 is 19.1 Å². The Hall–Kier alpha value is -4.67. The normalized spacial score (nSPS) is 19.1. The number of thiazole rings is 1. The average Bonchev–Trinajstić information content (AvgIpc) is 3.48. The van der Waals surface area contributed by atoms with Crippen molar-refractivity contribution in [2.75, 3.05) is 17.3 Å². The third-order valence-electron chi connectivity index (χ3n) is 8.18. The maximum atomic E-state index is 14.1. The van der Waals surface area contributed by atoms with Crippen molar-refractivity contribution in [2.45, 2.75) is 29.7 Å². The Balaban J connectivity index is 1.28. The number of hydrogen-bond acceptors (Lipinski definition) is 7. The number of fused-ring (bicyclic) bond motifs is 3. The molecular formula is C34H27N3O5S2. The molecule has 0 radical (unpaired) electrons. The van der Waals surface area contributed by atoms with Gasteiger partial charge in [-0.1, -0.05) is 89.3 Å². The van der Waals surface area contributed by atoms with E-state index in [1.807, 2.05) is 85.8 Å². The second kappa shape index (κ2) is 11.1. The van der Waals surface area contributed by atoms with Crippen molar-refractivity contribution in [2.24, 2.45) is 5.92 Å². The molecule has 1 aromatic heterocycles. The molecule has 3 heterocycles. The van der Waals surface area contributed by atoms with Crippen LogP contribution < -0.4 is 19.8 Å². The molecule has 220 valence electrons. The number of carbonyl (C=O) groups is 3. The fourth-order valence-electron chi connectivity index (χ4n) is 6.04. The van der Waals surface area contributed by atoms with Gasteiger partial charge in [0.25, 0.3) is 0 Å². The Kier molecular flexibility index (Phi) is 7.10. The lowest BCUT2D eigenvalue weighted by atomic mass is 9.83. The molecule has 0 spiro atoms. The molecule has 1 fully saturated rings. The zero-order valence-corrected chi connectivity index (χ0v) is 25.5. The van der Waals surface area contributed by atoms with Crippen LogP contribution in [0.3, 0.4) is 0 Å². The lowest BCUT2D eigenvalue weighted by molar-refractivity contribution is -0.122. The number of carbonyl (C=O) groups excluding carboxylic acids is 3. The van der Waals surface area contributed by atoms with Crippen molar-refractivity contribution >= 4 is 63.0 Å². The molecule has 44 heavy (non-hydrogen) atoms. The predicted octanol–water partition coefficient (Wildman–Crippen LogP) is 5.81. The number of imide groups is 1. The molecule has 2 aliphatic rings. The average molecular weight is 622 g/mol. The highest BCUT2D eigenvalue weighted by molar-refractivity contribution is 8.00. The molecule has 5 aromatic rings. The fourth-order valence-corrected chi connectivity index (χ4v) is 8.81. The van der Waals surface area contributed by atoms with E-state index in [1.54, 1.807) is 19.2 Å². The van der Waals surface area contributed by atoms with Gasteiger partial charge in [0.2, 0.25) is 17.7 Å². The van der Waals surface area contributed by atoms with E-state index in [0.717, 1.165) is 33.2 Å². The third-order valence-corrected chi connectivity index (χ3v) is 10.8. The highest BCUT2D eigenvalue weighted by Gasteiger charge is 2.56. The monoisotopic (exact) mass is 621 g/mol. The van der Waals surface area contributed by atoms with Crippen LogP contribution in [-0.4, -0.2) is 34.6 Å². The van der Waals surface area contributed by atoms with Gasteiger partial charge in [-0.15, -0.1) is 0 Å². The molecule has 7 rings (SSSR count). The van der Waals surface area contributed by atoms with E-state index in [4.69, 9.17) is 4.74 Å². The highest BCUT2D eigenvalue weighted by Crippen LogP contribution is 2.54. The van der Waals surface area contributed by atoms with Crippen molar-refractivity contribution in [3.8, 4) is 5.75 Å². The topological polar surface area (TPSA) is 97.7 Å². The first-order chi connectivity index (χ1) is 21.3. The molecule has 3 amide bonds. The number of ether oxygens (including phenoxy) is 1. The van der Waals surface area contributed by atoms with Gasteiger partial charge in [0, 0.05) is 21.9 Å². The van der Waals surface area contributed by atoms with E-state index in [9.17, 15) is 19.2 Å². The Bertz CT molecular complexity index is 1990. The molecule has 2 unspecified atom stereocenters. The fraction of sp³-hybridized carbons (Fsp3) is 0.176. The summed E-state index contributed by atoms with van der Waals surface area (Å²) < 4.78 is 6.78. The van der Waals surface area contributed by atoms with Crippen LogP contribution >= 0.6 is 23.1 Å². The summed E-state index contributed by atoms with van der Waals surface area (Å²) >= 11 is 2.23. The number of nitrogens with one attached hydrogen (secondary N) is 1. The van der Waals surface area contributed by atoms with Crippen LogP contribution in [0.5, 0.6) is 5.75 Å². The molecule has 0 bridgehead atoms. The number of thioether (sulfide) groups is 1. The van der Waals surface area contributed by atoms with E-state index in [2.05, 4.69) is 5.32 Å². The van der Waals surface area contributed by atoms with Crippen LogP contribution in [0.2, 0.25) is 0 Å². The Morgan fingerprint density at radius 3 is 2.36 bits per heavy atom. The molecule has 2 aliphatic heterocycles. The zero-order valence-electron chi connectivity index (χ0n) is 23.9. The molecule has 4 aromatic carbocycles. The first-order valence-corrected chi connectivity index (χ1v) is 15.8. The number of methoxy groups -OCH3 is 1. The van der Waals surface area contributed by atoms with Gasteiger partial charge in [0.15, 0.2) is 0 Å². The number of benzene rings is 4. The van der Waals surface area contributed by atoms with Crippen LogP contribution in [0.15, 0.2) is 101 Å². The summed E-state index contributed by atoms with van der Waals surface area (Å²) in [6.45, 7) is 1.72. The smallest absolute Gasteiger partial charge is 0.308 e. The molecular weight excluding hydrogens is 595 g/mol. The largest absolute Gasteiger partial charge is 0.497 e. The van der Waals surface area contributed by atoms with Gasteiger partial charge in [-0.05, 0) is 48.2 Å². The van der Waals surface area contributed by atoms with Gasteiger partial charge >= 0.3 is 4.87 Å². The summed E-state index contributed by atoms with van der Waals surface area (Å²) in [6.07, 6.45) is 0. The summed E-state index contributed by atoms with van der Waals surface area (Å²) in [6, 6.07) is 28.1. The predicted molar refractivity (Wildman–Crippen MR) is 173 cm³/mol. The lowest BCUT2D eigenvalue weighted by Crippen LogP contribution is -2.33. The molecule has 1 N–H and O–H groups in total. The van der Waals surface area contributed by atoms with Crippen molar-refractivity contribution in [3.63, 3.8) is 0 Å². The maximum absolute atomic E-state index is 14.1. The Morgan fingerprint density at radius 1 is 0.886 bits per heavy atom. The SMILES string of the molecule is COc1ccc([C@H]2c3sc(=O)n(CC(=O)Nc4cccc5ccccc45)c3SC3C(=O)N(c4ccc(C)cc4)C(=O)C32)cc1. The second-order valence-electron chi connectivity index (χ2n) is 10.9. The summed E-state index contributed by atoms with van der Waals surface area (Å²) in [5.74, 6) is -1.60. The van der Waals surface area contributed by atoms with Crippen LogP contribution in [0.4, 0.5) is 11.4 Å². The second-order valence-corrected chi connectivity index (χ2v) is 13.0. The van der Waals surface area contributed by atoms with E-state index < -0.39 is 17.1 Å². The number of aromatic nitrogens is 1. The van der Waals surface area contributed by atoms with E-state index in [-0.39, 0.29) is 29.1 Å². The van der Waals surface area contributed by atoms with Crippen LogP contribution in [0, 0.1) is 12.8 Å².